The maximum Gasteiger partial charge on any atom is 0.133 e. The highest BCUT2D eigenvalue weighted by Gasteiger charge is 2.11. The molecule has 0 fully saturated rings. The van der Waals surface area contributed by atoms with Crippen LogP contribution in [0.5, 0.6) is 0 Å². The molecule has 1 radical (unpaired) electrons. The maximum atomic E-state index is 11.5. The van der Waals surface area contributed by atoms with Crippen LogP contribution in [0, 0.1) is 6.92 Å². The molecule has 0 aromatic rings. The van der Waals surface area contributed by atoms with Crippen molar-refractivity contribution in [1.29, 1.82) is 0 Å². The average molecular weight is 295 g/mol. The molecule has 0 aliphatic heterocycles. The summed E-state index contributed by atoms with van der Waals surface area (Å²) in [6.45, 7) is 4.86. The topological polar surface area (TPSA) is 85.3 Å². The van der Waals surface area contributed by atoms with E-state index in [1.54, 1.807) is 0 Å². The lowest BCUT2D eigenvalue weighted by atomic mass is 10.0. The van der Waals surface area contributed by atoms with Crippen molar-refractivity contribution in [2.75, 3.05) is 0 Å². The molecule has 0 amide bonds. The predicted molar refractivity (Wildman–Crippen MR) is 77.6 cm³/mol. The van der Waals surface area contributed by atoms with Gasteiger partial charge in [0, 0.05) is 57.8 Å². The summed E-state index contributed by atoms with van der Waals surface area (Å²) >= 11 is 0. The van der Waals surface area contributed by atoms with Crippen LogP contribution in [0.3, 0.4) is 0 Å². The number of ketones is 5. The molecular formula is C16H23O5. The summed E-state index contributed by atoms with van der Waals surface area (Å²) in [4.78, 5) is 56.1. The second-order valence-corrected chi connectivity index (χ2v) is 5.11. The summed E-state index contributed by atoms with van der Waals surface area (Å²) in [6.07, 6.45) is 1.36. The van der Waals surface area contributed by atoms with Crippen molar-refractivity contribution in [1.82, 2.24) is 0 Å². The number of rotatable bonds is 13. The fourth-order valence-corrected chi connectivity index (χ4v) is 1.65. The second-order valence-electron chi connectivity index (χ2n) is 5.11. The molecule has 0 saturated heterocycles. The molecule has 0 heterocycles. The van der Waals surface area contributed by atoms with Crippen LogP contribution in [-0.4, -0.2) is 28.9 Å². The monoisotopic (exact) mass is 295 g/mol. The minimum absolute atomic E-state index is 0.0444. The fraction of sp³-hybridized carbons (Fsp3) is 0.625. The number of carbonyl (C=O) groups excluding carboxylic acids is 5. The Labute approximate surface area is 125 Å². The molecule has 0 aromatic carbocycles. The molecule has 0 aliphatic rings. The van der Waals surface area contributed by atoms with E-state index < -0.39 is 0 Å². The van der Waals surface area contributed by atoms with Gasteiger partial charge >= 0.3 is 0 Å². The highest BCUT2D eigenvalue weighted by molar-refractivity contribution is 5.91. The van der Waals surface area contributed by atoms with E-state index in [2.05, 4.69) is 6.92 Å². The SMILES string of the molecule is [CH2]CC(=O)CCC(=O)CCC(=O)CCC(=O)CCC(C)=O. The third-order valence-corrected chi connectivity index (χ3v) is 3.08. The Bertz CT molecular complexity index is 409. The maximum absolute atomic E-state index is 11.5. The van der Waals surface area contributed by atoms with Gasteiger partial charge in [0.1, 0.15) is 28.9 Å². The molecule has 0 unspecified atom stereocenters. The predicted octanol–water partition coefficient (Wildman–Crippen LogP) is 2.20. The van der Waals surface area contributed by atoms with Crippen molar-refractivity contribution in [3.8, 4) is 0 Å². The number of Topliss-reactive ketones (excluding diaryl/α,β-unsaturated/α-hetero) is 5. The van der Waals surface area contributed by atoms with E-state index in [0.29, 0.717) is 0 Å². The Morgan fingerprint density at radius 3 is 1.14 bits per heavy atom. The standard InChI is InChI=1S/C16H23O5/c1-3-13(18)6-7-15(20)10-11-16(21)9-8-14(19)5-4-12(2)17/h1,3-11H2,2H3. The molecule has 5 nitrogen and oxygen atoms in total. The molecule has 0 aromatic heterocycles. The minimum Gasteiger partial charge on any atom is -0.300 e. The van der Waals surface area contributed by atoms with Crippen LogP contribution < -0.4 is 0 Å². The van der Waals surface area contributed by atoms with Crippen LogP contribution in [0.1, 0.15) is 64.7 Å². The lowest BCUT2D eigenvalue weighted by Crippen LogP contribution is -2.09. The van der Waals surface area contributed by atoms with Crippen molar-refractivity contribution in [2.45, 2.75) is 64.7 Å². The van der Waals surface area contributed by atoms with E-state index in [9.17, 15) is 24.0 Å². The fourth-order valence-electron chi connectivity index (χ4n) is 1.65. The minimum atomic E-state index is -0.136. The largest absolute Gasteiger partial charge is 0.300 e. The zero-order valence-corrected chi connectivity index (χ0v) is 12.6. The van der Waals surface area contributed by atoms with Crippen molar-refractivity contribution in [2.24, 2.45) is 0 Å². The van der Waals surface area contributed by atoms with Crippen molar-refractivity contribution in [3.63, 3.8) is 0 Å². The summed E-state index contributed by atoms with van der Waals surface area (Å²) < 4.78 is 0. The molecule has 0 aliphatic carbocycles. The lowest BCUT2D eigenvalue weighted by Gasteiger charge is -2.01. The third-order valence-electron chi connectivity index (χ3n) is 3.08. The highest BCUT2D eigenvalue weighted by atomic mass is 16.1. The summed E-state index contributed by atoms with van der Waals surface area (Å²) in [7, 11) is 0. The number of hydrogen-bond acceptors (Lipinski definition) is 5. The van der Waals surface area contributed by atoms with Gasteiger partial charge in [0.05, 0.1) is 0 Å². The van der Waals surface area contributed by atoms with Crippen LogP contribution in [0.25, 0.3) is 0 Å². The van der Waals surface area contributed by atoms with E-state index >= 15 is 0 Å². The van der Waals surface area contributed by atoms with E-state index in [4.69, 9.17) is 0 Å². The Morgan fingerprint density at radius 2 is 0.857 bits per heavy atom. The van der Waals surface area contributed by atoms with Gasteiger partial charge in [-0.1, -0.05) is 0 Å². The van der Waals surface area contributed by atoms with Crippen molar-refractivity contribution in [3.05, 3.63) is 6.92 Å². The quantitative estimate of drug-likeness (QED) is 0.520. The van der Waals surface area contributed by atoms with Gasteiger partial charge in [0.25, 0.3) is 0 Å². The van der Waals surface area contributed by atoms with E-state index in [-0.39, 0.29) is 86.7 Å². The molecule has 0 atom stereocenters. The van der Waals surface area contributed by atoms with Crippen LogP contribution >= 0.6 is 0 Å². The van der Waals surface area contributed by atoms with E-state index in [1.807, 2.05) is 0 Å². The van der Waals surface area contributed by atoms with Gasteiger partial charge in [-0.3, -0.25) is 19.2 Å². The summed E-state index contributed by atoms with van der Waals surface area (Å²) in [5.41, 5.74) is 0. The molecular weight excluding hydrogens is 272 g/mol. The first-order valence-electron chi connectivity index (χ1n) is 7.20. The molecule has 0 N–H and O–H groups in total. The Morgan fingerprint density at radius 1 is 0.571 bits per heavy atom. The molecule has 0 bridgehead atoms. The van der Waals surface area contributed by atoms with Gasteiger partial charge in [-0.05, 0) is 13.8 Å². The van der Waals surface area contributed by atoms with Gasteiger partial charge in [-0.15, -0.1) is 0 Å². The summed E-state index contributed by atoms with van der Waals surface area (Å²) in [6, 6.07) is 0. The molecule has 117 valence electrons. The molecule has 0 spiro atoms. The van der Waals surface area contributed by atoms with Crippen LogP contribution in [-0.2, 0) is 24.0 Å². The first-order chi connectivity index (χ1) is 9.85. The van der Waals surface area contributed by atoms with Crippen molar-refractivity contribution < 1.29 is 24.0 Å². The third kappa shape index (κ3) is 11.8. The summed E-state index contributed by atoms with van der Waals surface area (Å²) in [5, 5.41) is 0. The zero-order chi connectivity index (χ0) is 16.3. The van der Waals surface area contributed by atoms with Crippen LogP contribution in [0.4, 0.5) is 0 Å². The van der Waals surface area contributed by atoms with Crippen LogP contribution in [0.2, 0.25) is 0 Å². The lowest BCUT2D eigenvalue weighted by molar-refractivity contribution is -0.127. The normalized spacial score (nSPS) is 10.2. The molecule has 21 heavy (non-hydrogen) atoms. The highest BCUT2D eigenvalue weighted by Crippen LogP contribution is 2.06. The first kappa shape index (κ1) is 19.4. The average Bonchev–Trinajstić information content (AvgIpc) is 2.45. The number of carbonyl (C=O) groups is 5. The Balaban J connectivity index is 3.75. The van der Waals surface area contributed by atoms with E-state index in [1.165, 1.54) is 6.92 Å². The number of hydrogen-bond donors (Lipinski definition) is 0. The van der Waals surface area contributed by atoms with Gasteiger partial charge in [0.2, 0.25) is 0 Å². The zero-order valence-electron chi connectivity index (χ0n) is 12.6. The Hall–Kier alpha value is -1.65. The van der Waals surface area contributed by atoms with Gasteiger partial charge in [0.15, 0.2) is 0 Å². The Kier molecular flexibility index (Phi) is 10.2. The van der Waals surface area contributed by atoms with Gasteiger partial charge in [-0.2, -0.15) is 0 Å². The first-order valence-corrected chi connectivity index (χ1v) is 7.20. The van der Waals surface area contributed by atoms with E-state index in [0.717, 1.165) is 0 Å². The van der Waals surface area contributed by atoms with Crippen LogP contribution in [0.15, 0.2) is 0 Å². The second kappa shape index (κ2) is 11.1. The van der Waals surface area contributed by atoms with Crippen molar-refractivity contribution >= 4 is 28.9 Å². The van der Waals surface area contributed by atoms with Gasteiger partial charge in [-0.25, -0.2) is 0 Å². The molecule has 0 saturated carbocycles. The smallest absolute Gasteiger partial charge is 0.133 e. The van der Waals surface area contributed by atoms with Gasteiger partial charge < -0.3 is 4.79 Å². The molecule has 5 heteroatoms. The summed E-state index contributed by atoms with van der Waals surface area (Å²) in [5.74, 6) is -0.468. The molecule has 0 rings (SSSR count).